The van der Waals surface area contributed by atoms with Crippen LogP contribution in [0, 0.1) is 0 Å². The van der Waals surface area contributed by atoms with Crippen molar-refractivity contribution in [1.29, 1.82) is 0 Å². The van der Waals surface area contributed by atoms with Crippen LogP contribution in [0.4, 0.5) is 0 Å². The maximum Gasteiger partial charge on any atom is 0.184 e. The summed E-state index contributed by atoms with van der Waals surface area (Å²) in [5, 5.41) is 8.04. The number of pyridine rings is 1. The van der Waals surface area contributed by atoms with E-state index in [0.29, 0.717) is 6.42 Å². The smallest absolute Gasteiger partial charge is 0.184 e. The van der Waals surface area contributed by atoms with Crippen LogP contribution in [-0.2, 0) is 12.2 Å². The Morgan fingerprint density at radius 2 is 2.00 bits per heavy atom. The van der Waals surface area contributed by atoms with E-state index in [9.17, 15) is 0 Å². The average Bonchev–Trinajstić information content (AvgIpc) is 3.02. The zero-order chi connectivity index (χ0) is 15.2. The van der Waals surface area contributed by atoms with E-state index in [1.54, 1.807) is 25.1 Å². The summed E-state index contributed by atoms with van der Waals surface area (Å²) in [6.45, 7) is 0. The van der Waals surface area contributed by atoms with Crippen LogP contribution in [-0.4, -0.2) is 27.3 Å². The van der Waals surface area contributed by atoms with E-state index in [2.05, 4.69) is 20.2 Å². The summed E-state index contributed by atoms with van der Waals surface area (Å²) < 4.78 is 5.15. The highest BCUT2D eigenvalue weighted by molar-refractivity contribution is 7.98. The average molecular weight is 312 g/mol. The molecular weight excluding hydrogens is 296 g/mol. The third-order valence-electron chi connectivity index (χ3n) is 3.12. The Balaban J connectivity index is 1.58. The lowest BCUT2D eigenvalue weighted by atomic mass is 10.1. The molecule has 0 amide bonds. The molecule has 2 aromatic heterocycles. The Labute approximate surface area is 133 Å². The van der Waals surface area contributed by atoms with Crippen molar-refractivity contribution in [1.82, 2.24) is 20.2 Å². The number of ether oxygens (including phenoxy) is 1. The topological polar surface area (TPSA) is 63.7 Å². The second-order valence-corrected chi connectivity index (χ2v) is 5.66. The lowest BCUT2D eigenvalue weighted by Crippen LogP contribution is -1.91. The van der Waals surface area contributed by atoms with E-state index < -0.39 is 0 Å². The van der Waals surface area contributed by atoms with Crippen LogP contribution in [0.1, 0.15) is 17.1 Å². The van der Waals surface area contributed by atoms with Crippen molar-refractivity contribution in [3.05, 3.63) is 65.7 Å². The van der Waals surface area contributed by atoms with Gasteiger partial charge in [-0.15, -0.1) is 0 Å². The Morgan fingerprint density at radius 3 is 2.73 bits per heavy atom. The molecule has 2 heterocycles. The van der Waals surface area contributed by atoms with Gasteiger partial charge in [-0.3, -0.25) is 10.1 Å². The first-order valence-corrected chi connectivity index (χ1v) is 7.89. The van der Waals surface area contributed by atoms with Crippen LogP contribution in [0.5, 0.6) is 5.75 Å². The summed E-state index contributed by atoms with van der Waals surface area (Å²) in [4.78, 5) is 8.79. The Morgan fingerprint density at radius 1 is 1.14 bits per heavy atom. The lowest BCUT2D eigenvalue weighted by molar-refractivity contribution is 0.414. The third-order valence-corrected chi connectivity index (χ3v) is 4.01. The molecule has 112 valence electrons. The molecule has 0 aliphatic rings. The summed E-state index contributed by atoms with van der Waals surface area (Å²) in [5.41, 5.74) is 2.18. The molecule has 3 rings (SSSR count). The van der Waals surface area contributed by atoms with E-state index in [1.165, 1.54) is 0 Å². The molecular formula is C16H16N4OS. The minimum absolute atomic E-state index is 0.699. The zero-order valence-electron chi connectivity index (χ0n) is 12.2. The molecule has 1 N–H and O–H groups in total. The number of methoxy groups -OCH3 is 1. The molecule has 0 aliphatic heterocycles. The molecule has 0 fully saturated rings. The number of nitrogens with one attached hydrogen (secondary N) is 1. The van der Waals surface area contributed by atoms with Gasteiger partial charge in [-0.25, -0.2) is 4.98 Å². The zero-order valence-corrected chi connectivity index (χ0v) is 13.0. The number of aromatic amines is 1. The molecule has 3 aromatic rings. The number of rotatable bonds is 6. The van der Waals surface area contributed by atoms with Gasteiger partial charge in [-0.05, 0) is 29.8 Å². The predicted octanol–water partition coefficient (Wildman–Crippen LogP) is 3.09. The minimum Gasteiger partial charge on any atom is -0.497 e. The largest absolute Gasteiger partial charge is 0.497 e. The van der Waals surface area contributed by atoms with Gasteiger partial charge in [0, 0.05) is 18.4 Å². The maximum atomic E-state index is 5.15. The number of hydrogen-bond donors (Lipinski definition) is 1. The van der Waals surface area contributed by atoms with Gasteiger partial charge in [0.25, 0.3) is 0 Å². The van der Waals surface area contributed by atoms with Gasteiger partial charge in [-0.2, -0.15) is 5.10 Å². The van der Waals surface area contributed by atoms with Crippen LogP contribution in [0.3, 0.4) is 0 Å². The van der Waals surface area contributed by atoms with Crippen molar-refractivity contribution in [2.75, 3.05) is 7.11 Å². The van der Waals surface area contributed by atoms with E-state index in [1.807, 2.05) is 42.5 Å². The molecule has 0 saturated carbocycles. The van der Waals surface area contributed by atoms with Crippen LogP contribution in [0.15, 0.2) is 53.8 Å². The van der Waals surface area contributed by atoms with Gasteiger partial charge in [0.15, 0.2) is 11.0 Å². The third kappa shape index (κ3) is 3.85. The summed E-state index contributed by atoms with van der Waals surface area (Å²) in [5.74, 6) is 2.41. The molecule has 0 radical (unpaired) electrons. The number of benzene rings is 1. The molecule has 0 unspecified atom stereocenters. The Kier molecular flexibility index (Phi) is 4.70. The van der Waals surface area contributed by atoms with E-state index in [0.717, 1.165) is 33.7 Å². The standard InChI is InChI=1S/C16H16N4OS/c1-21-14-7-5-12(6-8-14)10-15-18-16(20-19-15)22-11-13-4-2-3-9-17-13/h2-9H,10-11H2,1H3,(H,18,19,20). The van der Waals surface area contributed by atoms with E-state index in [-0.39, 0.29) is 0 Å². The Bertz CT molecular complexity index is 713. The van der Waals surface area contributed by atoms with Gasteiger partial charge in [0.1, 0.15) is 5.75 Å². The first kappa shape index (κ1) is 14.6. The van der Waals surface area contributed by atoms with Gasteiger partial charge < -0.3 is 4.74 Å². The highest BCUT2D eigenvalue weighted by Gasteiger charge is 2.06. The summed E-state index contributed by atoms with van der Waals surface area (Å²) in [7, 11) is 1.66. The first-order chi connectivity index (χ1) is 10.8. The second kappa shape index (κ2) is 7.09. The summed E-state index contributed by atoms with van der Waals surface area (Å²) in [6.07, 6.45) is 2.50. The van der Waals surface area contributed by atoms with Crippen LogP contribution >= 0.6 is 11.8 Å². The minimum atomic E-state index is 0.699. The van der Waals surface area contributed by atoms with Crippen molar-refractivity contribution >= 4 is 11.8 Å². The van der Waals surface area contributed by atoms with Gasteiger partial charge >= 0.3 is 0 Å². The molecule has 0 atom stereocenters. The van der Waals surface area contributed by atoms with Gasteiger partial charge in [0.05, 0.1) is 12.8 Å². The highest BCUT2D eigenvalue weighted by atomic mass is 32.2. The lowest BCUT2D eigenvalue weighted by Gasteiger charge is -2.00. The van der Waals surface area contributed by atoms with Crippen molar-refractivity contribution in [3.8, 4) is 5.75 Å². The molecule has 0 bridgehead atoms. The number of aromatic nitrogens is 4. The molecule has 0 aliphatic carbocycles. The summed E-state index contributed by atoms with van der Waals surface area (Å²) in [6, 6.07) is 13.8. The molecule has 1 aromatic carbocycles. The van der Waals surface area contributed by atoms with Gasteiger partial charge in [0.2, 0.25) is 0 Å². The van der Waals surface area contributed by atoms with Crippen LogP contribution in [0.2, 0.25) is 0 Å². The Hall–Kier alpha value is -2.34. The SMILES string of the molecule is COc1ccc(Cc2n[nH]c(SCc3ccccn3)n2)cc1. The molecule has 22 heavy (non-hydrogen) atoms. The second-order valence-electron chi connectivity index (χ2n) is 4.69. The van der Waals surface area contributed by atoms with Crippen LogP contribution < -0.4 is 4.74 Å². The molecule has 6 heteroatoms. The fourth-order valence-electron chi connectivity index (χ4n) is 1.97. The predicted molar refractivity (Wildman–Crippen MR) is 86.0 cm³/mol. The fourth-order valence-corrected chi connectivity index (χ4v) is 2.71. The van der Waals surface area contributed by atoms with Gasteiger partial charge in [-0.1, -0.05) is 30.0 Å². The van der Waals surface area contributed by atoms with Crippen molar-refractivity contribution in [2.24, 2.45) is 0 Å². The molecule has 0 saturated heterocycles. The quantitative estimate of drug-likeness (QED) is 0.709. The number of H-pyrrole nitrogens is 1. The summed E-state index contributed by atoms with van der Waals surface area (Å²) >= 11 is 1.60. The van der Waals surface area contributed by atoms with Crippen molar-refractivity contribution in [2.45, 2.75) is 17.3 Å². The van der Waals surface area contributed by atoms with Crippen LogP contribution in [0.25, 0.3) is 0 Å². The van der Waals surface area contributed by atoms with E-state index >= 15 is 0 Å². The molecule has 5 nitrogen and oxygen atoms in total. The number of hydrogen-bond acceptors (Lipinski definition) is 5. The monoisotopic (exact) mass is 312 g/mol. The number of nitrogens with zero attached hydrogens (tertiary/aromatic N) is 3. The van der Waals surface area contributed by atoms with Crippen molar-refractivity contribution in [3.63, 3.8) is 0 Å². The normalized spacial score (nSPS) is 10.6. The van der Waals surface area contributed by atoms with Crippen molar-refractivity contribution < 1.29 is 4.74 Å². The van der Waals surface area contributed by atoms with E-state index in [4.69, 9.17) is 4.74 Å². The highest BCUT2D eigenvalue weighted by Crippen LogP contribution is 2.19. The first-order valence-electron chi connectivity index (χ1n) is 6.90. The number of thioether (sulfide) groups is 1. The molecule has 0 spiro atoms. The maximum absolute atomic E-state index is 5.15. The fraction of sp³-hybridized carbons (Fsp3) is 0.188.